The second-order valence-electron chi connectivity index (χ2n) is 10.3. The van der Waals surface area contributed by atoms with Crippen LogP contribution in [0, 0.1) is 18.7 Å². The third-order valence-electron chi connectivity index (χ3n) is 7.28. The highest BCUT2D eigenvalue weighted by Gasteiger charge is 2.37. The Morgan fingerprint density at radius 2 is 1.88 bits per heavy atom. The maximum atomic E-state index is 14.0. The number of hydroxylamine groups is 2. The number of aromatic nitrogens is 5. The van der Waals surface area contributed by atoms with Crippen LogP contribution in [-0.2, 0) is 9.57 Å². The highest BCUT2D eigenvalue weighted by Crippen LogP contribution is 2.38. The summed E-state index contributed by atoms with van der Waals surface area (Å²) in [5.74, 6) is -0.581. The number of hydrogen-bond donors (Lipinski definition) is 2. The molecule has 0 bridgehead atoms. The zero-order chi connectivity index (χ0) is 29.2. The SMILES string of the molecule is COCCN1C[C@@H](NC(=O)Nc2c(C)c(-c3cnc(C4CC4)nc3)nn2-c2ccccc2)[C@H](c2cnc(F)c(F)c2)O1. The molecule has 0 radical (unpaired) electrons. The molecule has 2 N–H and O–H groups in total. The molecule has 1 aliphatic carbocycles. The number of amides is 2. The summed E-state index contributed by atoms with van der Waals surface area (Å²) in [6, 6.07) is 9.33. The van der Waals surface area contributed by atoms with Gasteiger partial charge in [0.05, 0.1) is 18.3 Å². The Hall–Kier alpha value is -4.33. The van der Waals surface area contributed by atoms with Crippen molar-refractivity contribution in [1.29, 1.82) is 0 Å². The Morgan fingerprint density at radius 1 is 1.12 bits per heavy atom. The summed E-state index contributed by atoms with van der Waals surface area (Å²) >= 11 is 0. The third kappa shape index (κ3) is 5.84. The number of para-hydroxylation sites is 1. The molecule has 1 aromatic carbocycles. The highest BCUT2D eigenvalue weighted by atomic mass is 19.2. The van der Waals surface area contributed by atoms with E-state index >= 15 is 0 Å². The van der Waals surface area contributed by atoms with Crippen molar-refractivity contribution in [2.24, 2.45) is 0 Å². The van der Waals surface area contributed by atoms with Crippen LogP contribution in [0.1, 0.15) is 41.8 Å². The van der Waals surface area contributed by atoms with Crippen LogP contribution >= 0.6 is 0 Å². The Labute approximate surface area is 240 Å². The molecule has 1 aliphatic heterocycles. The first kappa shape index (κ1) is 27.8. The van der Waals surface area contributed by atoms with Crippen LogP contribution in [0.5, 0.6) is 0 Å². The van der Waals surface area contributed by atoms with E-state index < -0.39 is 29.9 Å². The molecule has 2 fully saturated rings. The number of anilines is 1. The third-order valence-corrected chi connectivity index (χ3v) is 7.28. The monoisotopic (exact) mass is 576 g/mol. The van der Waals surface area contributed by atoms with Gasteiger partial charge in [0.1, 0.15) is 23.4 Å². The standard InChI is InChI=1S/C29H30F2N8O3/c1-17-24(20-14-33-27(34-15-20)18-8-9-18)37-39(21-6-4-3-5-7-21)28(17)36-29(40)35-23-16-38(10-11-41-2)42-25(23)19-12-22(30)26(31)32-13-19/h3-7,12-15,18,23,25H,8-11,16H2,1-2H3,(H2,35,36,40)/t23-,25+/m1/s1. The van der Waals surface area contributed by atoms with E-state index in [-0.39, 0.29) is 6.54 Å². The van der Waals surface area contributed by atoms with E-state index in [1.807, 2.05) is 37.3 Å². The van der Waals surface area contributed by atoms with Crippen molar-refractivity contribution in [2.45, 2.75) is 37.8 Å². The number of pyridine rings is 1. The van der Waals surface area contributed by atoms with Crippen LogP contribution in [0.2, 0.25) is 0 Å². The average molecular weight is 577 g/mol. The number of halogens is 2. The fourth-order valence-electron chi connectivity index (χ4n) is 4.93. The Bertz CT molecular complexity index is 1560. The largest absolute Gasteiger partial charge is 0.383 e. The second-order valence-corrected chi connectivity index (χ2v) is 10.3. The zero-order valence-electron chi connectivity index (χ0n) is 23.1. The van der Waals surface area contributed by atoms with Gasteiger partial charge in [-0.05, 0) is 38.0 Å². The molecular weight excluding hydrogens is 546 g/mol. The number of ether oxygens (including phenoxy) is 1. The van der Waals surface area contributed by atoms with Gasteiger partial charge in [0.25, 0.3) is 0 Å². The fraction of sp³-hybridized carbons (Fsp3) is 0.345. The number of methoxy groups -OCH3 is 1. The number of carbonyl (C=O) groups is 1. The first-order valence-electron chi connectivity index (χ1n) is 13.7. The van der Waals surface area contributed by atoms with E-state index in [1.165, 1.54) is 6.20 Å². The lowest BCUT2D eigenvalue weighted by Crippen LogP contribution is -2.42. The minimum absolute atomic E-state index is 0.285. The van der Waals surface area contributed by atoms with Crippen molar-refractivity contribution in [3.05, 3.63) is 83.7 Å². The van der Waals surface area contributed by atoms with Crippen molar-refractivity contribution in [3.63, 3.8) is 0 Å². The molecule has 2 amide bonds. The van der Waals surface area contributed by atoms with Gasteiger partial charge in [0.15, 0.2) is 5.82 Å². The minimum atomic E-state index is -1.21. The molecule has 4 aromatic rings. The lowest BCUT2D eigenvalue weighted by atomic mass is 10.0. The molecule has 2 atom stereocenters. The van der Waals surface area contributed by atoms with Gasteiger partial charge in [-0.3, -0.25) is 10.2 Å². The van der Waals surface area contributed by atoms with Crippen LogP contribution in [0.3, 0.4) is 0 Å². The van der Waals surface area contributed by atoms with Gasteiger partial charge in [0.2, 0.25) is 5.95 Å². The molecule has 0 spiro atoms. The predicted octanol–water partition coefficient (Wildman–Crippen LogP) is 4.31. The highest BCUT2D eigenvalue weighted by molar-refractivity contribution is 5.91. The Kier molecular flexibility index (Phi) is 7.87. The minimum Gasteiger partial charge on any atom is -0.383 e. The van der Waals surface area contributed by atoms with Gasteiger partial charge >= 0.3 is 6.03 Å². The van der Waals surface area contributed by atoms with E-state index in [2.05, 4.69) is 25.6 Å². The maximum absolute atomic E-state index is 14.0. The molecule has 6 rings (SSSR count). The van der Waals surface area contributed by atoms with Gasteiger partial charge in [-0.15, -0.1) is 0 Å². The number of nitrogens with zero attached hydrogens (tertiary/aromatic N) is 6. The summed E-state index contributed by atoms with van der Waals surface area (Å²) in [5.41, 5.74) is 3.14. The van der Waals surface area contributed by atoms with E-state index in [4.69, 9.17) is 14.7 Å². The molecule has 11 nitrogen and oxygen atoms in total. The first-order chi connectivity index (χ1) is 20.4. The van der Waals surface area contributed by atoms with Crippen molar-refractivity contribution >= 4 is 11.8 Å². The number of carbonyl (C=O) groups excluding carboxylic acids is 1. The molecule has 4 heterocycles. The van der Waals surface area contributed by atoms with E-state index in [9.17, 15) is 13.6 Å². The number of hydrogen-bond acceptors (Lipinski definition) is 8. The predicted molar refractivity (Wildman–Crippen MR) is 149 cm³/mol. The van der Waals surface area contributed by atoms with Crippen molar-refractivity contribution in [2.75, 3.05) is 32.1 Å². The lowest BCUT2D eigenvalue weighted by molar-refractivity contribution is -0.154. The van der Waals surface area contributed by atoms with Crippen LogP contribution < -0.4 is 10.6 Å². The fourth-order valence-corrected chi connectivity index (χ4v) is 4.93. The molecule has 42 heavy (non-hydrogen) atoms. The molecule has 1 saturated carbocycles. The molecule has 13 heteroatoms. The van der Waals surface area contributed by atoms with Crippen molar-refractivity contribution < 1.29 is 23.1 Å². The summed E-state index contributed by atoms with van der Waals surface area (Å²) < 4.78 is 34.3. The van der Waals surface area contributed by atoms with Crippen LogP contribution in [0.4, 0.5) is 19.4 Å². The normalized spacial score (nSPS) is 18.8. The van der Waals surface area contributed by atoms with Gasteiger partial charge in [-0.1, -0.05) is 18.2 Å². The van der Waals surface area contributed by atoms with Crippen LogP contribution in [-0.4, -0.2) is 68.7 Å². The topological polar surface area (TPSA) is 119 Å². The maximum Gasteiger partial charge on any atom is 0.320 e. The molecular formula is C29H30F2N8O3. The summed E-state index contributed by atoms with van der Waals surface area (Å²) in [4.78, 5) is 32.0. The number of benzene rings is 1. The van der Waals surface area contributed by atoms with Gasteiger partial charge in [0, 0.05) is 61.4 Å². The quantitative estimate of drug-likeness (QED) is 0.283. The first-order valence-corrected chi connectivity index (χ1v) is 13.7. The summed E-state index contributed by atoms with van der Waals surface area (Å²) in [5, 5.41) is 12.3. The summed E-state index contributed by atoms with van der Waals surface area (Å²) in [6.07, 6.45) is 6.14. The van der Waals surface area contributed by atoms with E-state index in [0.717, 1.165) is 41.5 Å². The lowest BCUT2D eigenvalue weighted by Gasteiger charge is -2.19. The second kappa shape index (κ2) is 11.9. The molecule has 2 aliphatic rings. The Balaban J connectivity index is 1.27. The molecule has 3 aromatic heterocycles. The smallest absolute Gasteiger partial charge is 0.320 e. The molecule has 218 valence electrons. The van der Waals surface area contributed by atoms with Crippen molar-refractivity contribution in [3.8, 4) is 16.9 Å². The van der Waals surface area contributed by atoms with Gasteiger partial charge in [-0.25, -0.2) is 28.8 Å². The van der Waals surface area contributed by atoms with E-state index in [1.54, 1.807) is 29.2 Å². The number of nitrogens with one attached hydrogen (secondary N) is 2. The number of urea groups is 1. The van der Waals surface area contributed by atoms with Crippen molar-refractivity contribution in [1.82, 2.24) is 35.1 Å². The molecule has 1 saturated heterocycles. The molecule has 0 unspecified atom stereocenters. The van der Waals surface area contributed by atoms with E-state index in [0.29, 0.717) is 36.1 Å². The average Bonchev–Trinajstić information content (AvgIpc) is 3.71. The summed E-state index contributed by atoms with van der Waals surface area (Å²) in [7, 11) is 1.57. The van der Waals surface area contributed by atoms with Gasteiger partial charge < -0.3 is 10.1 Å². The number of rotatable bonds is 9. The van der Waals surface area contributed by atoms with Gasteiger partial charge in [-0.2, -0.15) is 14.6 Å². The summed E-state index contributed by atoms with van der Waals surface area (Å²) in [6.45, 7) is 2.94. The Morgan fingerprint density at radius 3 is 2.57 bits per heavy atom. The zero-order valence-corrected chi connectivity index (χ0v) is 23.1. The van der Waals surface area contributed by atoms with Crippen LogP contribution in [0.15, 0.2) is 55.0 Å². The van der Waals surface area contributed by atoms with Crippen LogP contribution in [0.25, 0.3) is 16.9 Å².